The van der Waals surface area contributed by atoms with Crippen LogP contribution in [0.15, 0.2) is 28.7 Å². The summed E-state index contributed by atoms with van der Waals surface area (Å²) >= 11 is 3.32. The lowest BCUT2D eigenvalue weighted by atomic mass is 10.3. The summed E-state index contributed by atoms with van der Waals surface area (Å²) in [6.45, 7) is 1.76. The number of amides is 1. The van der Waals surface area contributed by atoms with E-state index in [1.54, 1.807) is 6.07 Å². The van der Waals surface area contributed by atoms with Gasteiger partial charge in [-0.2, -0.15) is 0 Å². The first-order valence-corrected chi connectivity index (χ1v) is 6.58. The van der Waals surface area contributed by atoms with Crippen LogP contribution >= 0.6 is 15.9 Å². The minimum absolute atomic E-state index is 0.0127. The number of hydrogen-bond donors (Lipinski definition) is 1. The third-order valence-corrected chi connectivity index (χ3v) is 3.60. The molecule has 0 aliphatic heterocycles. The molecule has 1 aliphatic rings. The van der Waals surface area contributed by atoms with Gasteiger partial charge in [0, 0.05) is 4.47 Å². The standard InChI is InChI=1S/C13H14BrNO3/c1-8-6-9(8)13(17)18-7-12(16)15-11-5-3-2-4-10(11)14/h2-5,8-9H,6-7H2,1H3,(H,15,16)/t8-,9-/m0/s1. The predicted octanol–water partition coefficient (Wildman–Crippen LogP) is 2.59. The number of nitrogens with one attached hydrogen (secondary N) is 1. The van der Waals surface area contributed by atoms with Crippen LogP contribution in [-0.4, -0.2) is 18.5 Å². The molecule has 0 saturated heterocycles. The Hall–Kier alpha value is -1.36. The second kappa shape index (κ2) is 5.52. The number of rotatable bonds is 4. The lowest BCUT2D eigenvalue weighted by Crippen LogP contribution is -2.21. The van der Waals surface area contributed by atoms with Crippen LogP contribution in [-0.2, 0) is 14.3 Å². The van der Waals surface area contributed by atoms with Gasteiger partial charge in [0.2, 0.25) is 0 Å². The van der Waals surface area contributed by atoms with Gasteiger partial charge < -0.3 is 10.1 Å². The quantitative estimate of drug-likeness (QED) is 0.870. The lowest BCUT2D eigenvalue weighted by molar-refractivity contribution is -0.148. The van der Waals surface area contributed by atoms with E-state index in [4.69, 9.17) is 4.74 Å². The molecule has 1 aromatic carbocycles. The Labute approximate surface area is 114 Å². The van der Waals surface area contributed by atoms with Crippen molar-refractivity contribution < 1.29 is 14.3 Å². The summed E-state index contributed by atoms with van der Waals surface area (Å²) in [6, 6.07) is 7.27. The Balaban J connectivity index is 1.79. The highest BCUT2D eigenvalue weighted by Crippen LogP contribution is 2.38. The fraction of sp³-hybridized carbons (Fsp3) is 0.385. The molecule has 5 heteroatoms. The van der Waals surface area contributed by atoms with Crippen molar-refractivity contribution in [1.29, 1.82) is 0 Å². The second-order valence-corrected chi connectivity index (χ2v) is 5.31. The Morgan fingerprint density at radius 2 is 2.11 bits per heavy atom. The molecule has 1 aliphatic carbocycles. The van der Waals surface area contributed by atoms with E-state index in [1.165, 1.54) is 0 Å². The van der Waals surface area contributed by atoms with Gasteiger partial charge in [-0.05, 0) is 40.4 Å². The van der Waals surface area contributed by atoms with Gasteiger partial charge in [-0.15, -0.1) is 0 Å². The number of benzene rings is 1. The zero-order valence-corrected chi connectivity index (χ0v) is 11.6. The molecule has 0 aromatic heterocycles. The fourth-order valence-electron chi connectivity index (χ4n) is 1.64. The van der Waals surface area contributed by atoms with E-state index in [0.29, 0.717) is 11.6 Å². The number of carbonyl (C=O) groups excluding carboxylic acids is 2. The van der Waals surface area contributed by atoms with E-state index in [2.05, 4.69) is 21.2 Å². The number of ether oxygens (including phenoxy) is 1. The van der Waals surface area contributed by atoms with Gasteiger partial charge in [0.1, 0.15) is 0 Å². The van der Waals surface area contributed by atoms with Crippen LogP contribution in [0.2, 0.25) is 0 Å². The van der Waals surface area contributed by atoms with Crippen LogP contribution in [0.4, 0.5) is 5.69 Å². The van der Waals surface area contributed by atoms with Gasteiger partial charge in [-0.25, -0.2) is 0 Å². The largest absolute Gasteiger partial charge is 0.455 e. The molecule has 0 radical (unpaired) electrons. The molecule has 1 amide bonds. The normalized spacial score (nSPS) is 21.2. The Morgan fingerprint density at radius 3 is 2.72 bits per heavy atom. The zero-order chi connectivity index (χ0) is 13.1. The van der Waals surface area contributed by atoms with E-state index in [1.807, 2.05) is 25.1 Å². The van der Waals surface area contributed by atoms with E-state index >= 15 is 0 Å². The molecule has 96 valence electrons. The third kappa shape index (κ3) is 3.32. The number of carbonyl (C=O) groups is 2. The molecule has 18 heavy (non-hydrogen) atoms. The van der Waals surface area contributed by atoms with Crippen molar-refractivity contribution in [2.24, 2.45) is 11.8 Å². The van der Waals surface area contributed by atoms with Crippen molar-refractivity contribution in [1.82, 2.24) is 0 Å². The summed E-state index contributed by atoms with van der Waals surface area (Å²) in [4.78, 5) is 23.0. The van der Waals surface area contributed by atoms with Gasteiger partial charge in [0.25, 0.3) is 5.91 Å². The van der Waals surface area contributed by atoms with Crippen molar-refractivity contribution in [3.05, 3.63) is 28.7 Å². The van der Waals surface area contributed by atoms with Crippen LogP contribution in [0.25, 0.3) is 0 Å². The topological polar surface area (TPSA) is 55.4 Å². The average Bonchev–Trinajstić information content (AvgIpc) is 3.06. The summed E-state index contributed by atoms with van der Waals surface area (Å²) in [5.41, 5.74) is 0.665. The zero-order valence-electron chi connectivity index (χ0n) is 9.98. The molecular formula is C13H14BrNO3. The summed E-state index contributed by atoms with van der Waals surface area (Å²) in [5, 5.41) is 2.67. The number of anilines is 1. The molecule has 2 atom stereocenters. The van der Waals surface area contributed by atoms with Gasteiger partial charge in [0.05, 0.1) is 11.6 Å². The van der Waals surface area contributed by atoms with Crippen LogP contribution in [0, 0.1) is 11.8 Å². The van der Waals surface area contributed by atoms with Crippen molar-refractivity contribution in [2.45, 2.75) is 13.3 Å². The van der Waals surface area contributed by atoms with Crippen molar-refractivity contribution in [3.63, 3.8) is 0 Å². The molecule has 0 unspecified atom stereocenters. The molecule has 1 aromatic rings. The Bertz CT molecular complexity index is 475. The average molecular weight is 312 g/mol. The maximum absolute atomic E-state index is 11.6. The van der Waals surface area contributed by atoms with Crippen molar-refractivity contribution >= 4 is 33.5 Å². The van der Waals surface area contributed by atoms with E-state index in [0.717, 1.165) is 10.9 Å². The lowest BCUT2D eigenvalue weighted by Gasteiger charge is -2.07. The minimum Gasteiger partial charge on any atom is -0.455 e. The first-order chi connectivity index (χ1) is 8.58. The molecule has 0 spiro atoms. The van der Waals surface area contributed by atoms with Crippen LogP contribution in [0.1, 0.15) is 13.3 Å². The molecule has 4 nitrogen and oxygen atoms in total. The number of hydrogen-bond acceptors (Lipinski definition) is 3. The summed E-state index contributed by atoms with van der Waals surface area (Å²) in [7, 11) is 0. The molecule has 1 N–H and O–H groups in total. The fourth-order valence-corrected chi connectivity index (χ4v) is 2.03. The summed E-state index contributed by atoms with van der Waals surface area (Å²) < 4.78 is 5.74. The number of halogens is 1. The third-order valence-electron chi connectivity index (χ3n) is 2.91. The van der Waals surface area contributed by atoms with Crippen molar-refractivity contribution in [3.8, 4) is 0 Å². The van der Waals surface area contributed by atoms with E-state index in [-0.39, 0.29) is 24.4 Å². The van der Waals surface area contributed by atoms with Crippen LogP contribution < -0.4 is 5.32 Å². The molecule has 1 fully saturated rings. The Kier molecular flexibility index (Phi) is 4.01. The molecule has 2 rings (SSSR count). The monoisotopic (exact) mass is 311 g/mol. The van der Waals surface area contributed by atoms with Gasteiger partial charge in [-0.3, -0.25) is 9.59 Å². The molecule has 1 saturated carbocycles. The van der Waals surface area contributed by atoms with Crippen LogP contribution in [0.3, 0.4) is 0 Å². The first kappa shape index (κ1) is 13.1. The highest BCUT2D eigenvalue weighted by Gasteiger charge is 2.40. The molecule has 0 bridgehead atoms. The molecular weight excluding hydrogens is 298 g/mol. The number of para-hydroxylation sites is 1. The number of esters is 1. The van der Waals surface area contributed by atoms with Gasteiger partial charge in [-0.1, -0.05) is 19.1 Å². The van der Waals surface area contributed by atoms with E-state index in [9.17, 15) is 9.59 Å². The predicted molar refractivity (Wildman–Crippen MR) is 71.0 cm³/mol. The highest BCUT2D eigenvalue weighted by molar-refractivity contribution is 9.10. The smallest absolute Gasteiger partial charge is 0.309 e. The maximum Gasteiger partial charge on any atom is 0.309 e. The Morgan fingerprint density at radius 1 is 1.44 bits per heavy atom. The van der Waals surface area contributed by atoms with Crippen LogP contribution in [0.5, 0.6) is 0 Å². The van der Waals surface area contributed by atoms with E-state index < -0.39 is 0 Å². The maximum atomic E-state index is 11.6. The summed E-state index contributed by atoms with van der Waals surface area (Å²) in [6.07, 6.45) is 0.866. The SMILES string of the molecule is C[C@H]1C[C@@H]1C(=O)OCC(=O)Nc1ccccc1Br. The second-order valence-electron chi connectivity index (χ2n) is 4.46. The first-order valence-electron chi connectivity index (χ1n) is 5.79. The highest BCUT2D eigenvalue weighted by atomic mass is 79.9. The summed E-state index contributed by atoms with van der Waals surface area (Å²) in [5.74, 6) is -0.224. The van der Waals surface area contributed by atoms with Gasteiger partial charge in [0.15, 0.2) is 6.61 Å². The minimum atomic E-state index is -0.330. The van der Waals surface area contributed by atoms with Gasteiger partial charge >= 0.3 is 5.97 Å². The molecule has 0 heterocycles. The van der Waals surface area contributed by atoms with Crippen molar-refractivity contribution in [2.75, 3.05) is 11.9 Å².